The minimum absolute atomic E-state index is 0.474. The first-order chi connectivity index (χ1) is 7.70. The van der Waals surface area contributed by atoms with E-state index in [9.17, 15) is 0 Å². The zero-order valence-corrected chi connectivity index (χ0v) is 10.8. The fourth-order valence-electron chi connectivity index (χ4n) is 1.62. The fourth-order valence-corrected chi connectivity index (χ4v) is 2.92. The van der Waals surface area contributed by atoms with E-state index in [1.807, 2.05) is 23.9 Å². The molecule has 3 heteroatoms. The van der Waals surface area contributed by atoms with Gasteiger partial charge in [0, 0.05) is 11.3 Å². The molecule has 0 amide bonds. The average Bonchev–Trinajstić information content (AvgIpc) is 2.78. The van der Waals surface area contributed by atoms with Crippen molar-refractivity contribution in [1.82, 2.24) is 0 Å². The molecule has 1 aromatic rings. The third-order valence-electron chi connectivity index (χ3n) is 2.78. The molecule has 2 rings (SSSR count). The highest BCUT2D eigenvalue weighted by Crippen LogP contribution is 2.27. The smallest absolute Gasteiger partial charge is 0.118 e. The highest BCUT2D eigenvalue weighted by atomic mass is 32.2. The van der Waals surface area contributed by atoms with Crippen LogP contribution >= 0.6 is 11.8 Å². The zero-order valence-electron chi connectivity index (χ0n) is 9.93. The van der Waals surface area contributed by atoms with Crippen molar-refractivity contribution in [1.29, 1.82) is 0 Å². The summed E-state index contributed by atoms with van der Waals surface area (Å²) in [5, 5.41) is 1.17. The van der Waals surface area contributed by atoms with Gasteiger partial charge in [0.1, 0.15) is 5.75 Å². The Morgan fingerprint density at radius 1 is 1.31 bits per heavy atom. The van der Waals surface area contributed by atoms with Crippen LogP contribution in [0.3, 0.4) is 0 Å². The molecule has 86 valence electrons. The first-order valence-corrected chi connectivity index (χ1v) is 6.54. The van der Waals surface area contributed by atoms with Crippen molar-refractivity contribution in [2.45, 2.75) is 19.9 Å². The Labute approximate surface area is 101 Å². The molecule has 1 atom stereocenters. The average molecular weight is 235 g/mol. The molecule has 0 N–H and O–H groups in total. The standard InChI is InChI=1S/C13H17NOS/c1-9(2)12-8-16-13(14-12)10-4-6-11(15-3)7-5-10/h4-7,9,12H,8H2,1-3H3. The molecule has 0 saturated heterocycles. The van der Waals surface area contributed by atoms with Crippen molar-refractivity contribution >= 4 is 16.8 Å². The molecule has 0 bridgehead atoms. The van der Waals surface area contributed by atoms with Crippen molar-refractivity contribution < 1.29 is 4.74 Å². The molecule has 16 heavy (non-hydrogen) atoms. The second kappa shape index (κ2) is 4.91. The predicted octanol–water partition coefficient (Wildman–Crippen LogP) is 3.21. The quantitative estimate of drug-likeness (QED) is 0.802. The van der Waals surface area contributed by atoms with Crippen LogP contribution in [0, 0.1) is 5.92 Å². The summed E-state index contributed by atoms with van der Waals surface area (Å²) in [5.74, 6) is 2.63. The number of hydrogen-bond donors (Lipinski definition) is 0. The van der Waals surface area contributed by atoms with E-state index in [0.29, 0.717) is 12.0 Å². The maximum Gasteiger partial charge on any atom is 0.118 e. The molecule has 0 aliphatic carbocycles. The highest BCUT2D eigenvalue weighted by Gasteiger charge is 2.21. The van der Waals surface area contributed by atoms with Gasteiger partial charge < -0.3 is 4.74 Å². The Morgan fingerprint density at radius 2 is 2.00 bits per heavy atom. The maximum atomic E-state index is 5.14. The van der Waals surface area contributed by atoms with Gasteiger partial charge in [0.25, 0.3) is 0 Å². The van der Waals surface area contributed by atoms with Gasteiger partial charge in [-0.15, -0.1) is 11.8 Å². The molecule has 1 heterocycles. The Hall–Kier alpha value is -0.960. The van der Waals surface area contributed by atoms with E-state index >= 15 is 0 Å². The number of methoxy groups -OCH3 is 1. The molecule has 0 aromatic heterocycles. The molecule has 0 radical (unpaired) electrons. The van der Waals surface area contributed by atoms with Gasteiger partial charge >= 0.3 is 0 Å². The summed E-state index contributed by atoms with van der Waals surface area (Å²) >= 11 is 1.85. The summed E-state index contributed by atoms with van der Waals surface area (Å²) < 4.78 is 5.14. The van der Waals surface area contributed by atoms with Gasteiger partial charge in [-0.3, -0.25) is 4.99 Å². The van der Waals surface area contributed by atoms with Crippen molar-refractivity contribution in [3.8, 4) is 5.75 Å². The largest absolute Gasteiger partial charge is 0.497 e. The lowest BCUT2D eigenvalue weighted by molar-refractivity contribution is 0.415. The number of nitrogens with zero attached hydrogens (tertiary/aromatic N) is 1. The molecular formula is C13H17NOS. The van der Waals surface area contributed by atoms with Gasteiger partial charge in [0.05, 0.1) is 18.2 Å². The van der Waals surface area contributed by atoms with Gasteiger partial charge in [0.15, 0.2) is 0 Å². The van der Waals surface area contributed by atoms with Crippen LogP contribution in [0.1, 0.15) is 19.4 Å². The monoisotopic (exact) mass is 235 g/mol. The molecule has 0 saturated carbocycles. The minimum atomic E-state index is 0.474. The fraction of sp³-hybridized carbons (Fsp3) is 0.462. The van der Waals surface area contributed by atoms with Crippen LogP contribution in [0.25, 0.3) is 0 Å². The molecule has 0 fully saturated rings. The second-order valence-electron chi connectivity index (χ2n) is 4.29. The van der Waals surface area contributed by atoms with E-state index in [1.165, 1.54) is 10.6 Å². The zero-order chi connectivity index (χ0) is 11.5. The Balaban J connectivity index is 2.16. The number of rotatable bonds is 3. The van der Waals surface area contributed by atoms with Crippen LogP contribution in [0.2, 0.25) is 0 Å². The Bertz CT molecular complexity index is 383. The summed E-state index contributed by atoms with van der Waals surface area (Å²) in [7, 11) is 1.69. The van der Waals surface area contributed by atoms with E-state index in [4.69, 9.17) is 9.73 Å². The highest BCUT2D eigenvalue weighted by molar-refractivity contribution is 8.14. The molecule has 1 unspecified atom stereocenters. The van der Waals surface area contributed by atoms with Gasteiger partial charge in [0.2, 0.25) is 0 Å². The second-order valence-corrected chi connectivity index (χ2v) is 5.29. The van der Waals surface area contributed by atoms with Gasteiger partial charge in [-0.2, -0.15) is 0 Å². The van der Waals surface area contributed by atoms with Gasteiger partial charge in [-0.05, 0) is 30.2 Å². The summed E-state index contributed by atoms with van der Waals surface area (Å²) in [6, 6.07) is 8.60. The molecule has 1 aromatic carbocycles. The molecule has 1 aliphatic rings. The van der Waals surface area contributed by atoms with Gasteiger partial charge in [-0.1, -0.05) is 13.8 Å². The Morgan fingerprint density at radius 3 is 2.50 bits per heavy atom. The number of aliphatic imine (C=N–C) groups is 1. The number of hydrogen-bond acceptors (Lipinski definition) is 3. The molecule has 1 aliphatic heterocycles. The molecule has 0 spiro atoms. The van der Waals surface area contributed by atoms with Gasteiger partial charge in [-0.25, -0.2) is 0 Å². The van der Waals surface area contributed by atoms with Crippen LogP contribution in [0.5, 0.6) is 5.75 Å². The predicted molar refractivity (Wildman–Crippen MR) is 70.6 cm³/mol. The number of ether oxygens (including phenoxy) is 1. The third-order valence-corrected chi connectivity index (χ3v) is 3.90. The summed E-state index contributed by atoms with van der Waals surface area (Å²) in [4.78, 5) is 4.75. The summed E-state index contributed by atoms with van der Waals surface area (Å²) in [6.45, 7) is 4.46. The number of benzene rings is 1. The van der Waals surface area contributed by atoms with Crippen molar-refractivity contribution in [3.63, 3.8) is 0 Å². The van der Waals surface area contributed by atoms with Crippen molar-refractivity contribution in [2.24, 2.45) is 10.9 Å². The lowest BCUT2D eigenvalue weighted by Gasteiger charge is -2.08. The maximum absolute atomic E-state index is 5.14. The first kappa shape index (κ1) is 11.5. The van der Waals surface area contributed by atoms with E-state index < -0.39 is 0 Å². The van der Waals surface area contributed by atoms with Crippen molar-refractivity contribution in [2.75, 3.05) is 12.9 Å². The minimum Gasteiger partial charge on any atom is -0.497 e. The Kier molecular flexibility index (Phi) is 3.54. The lowest BCUT2D eigenvalue weighted by atomic mass is 10.1. The van der Waals surface area contributed by atoms with Crippen LogP contribution in [0.4, 0.5) is 0 Å². The van der Waals surface area contributed by atoms with E-state index in [1.54, 1.807) is 7.11 Å². The number of thioether (sulfide) groups is 1. The van der Waals surface area contributed by atoms with E-state index in [2.05, 4.69) is 26.0 Å². The topological polar surface area (TPSA) is 21.6 Å². The van der Waals surface area contributed by atoms with Crippen LogP contribution < -0.4 is 4.74 Å². The van der Waals surface area contributed by atoms with Crippen molar-refractivity contribution in [3.05, 3.63) is 29.8 Å². The first-order valence-electron chi connectivity index (χ1n) is 5.55. The summed E-state index contributed by atoms with van der Waals surface area (Å²) in [6.07, 6.45) is 0. The van der Waals surface area contributed by atoms with Crippen LogP contribution in [-0.2, 0) is 0 Å². The normalized spacial score (nSPS) is 20.0. The van der Waals surface area contributed by atoms with E-state index in [0.717, 1.165) is 11.5 Å². The SMILES string of the molecule is COc1ccc(C2=NC(C(C)C)CS2)cc1. The van der Waals surface area contributed by atoms with E-state index in [-0.39, 0.29) is 0 Å². The van der Waals surface area contributed by atoms with Crippen LogP contribution in [0.15, 0.2) is 29.3 Å². The molecular weight excluding hydrogens is 218 g/mol. The molecule has 2 nitrogen and oxygen atoms in total. The van der Waals surface area contributed by atoms with Crippen LogP contribution in [-0.4, -0.2) is 23.9 Å². The lowest BCUT2D eigenvalue weighted by Crippen LogP contribution is -2.11. The summed E-state index contributed by atoms with van der Waals surface area (Å²) in [5.41, 5.74) is 1.20. The third kappa shape index (κ3) is 2.40.